The van der Waals surface area contributed by atoms with E-state index in [1.807, 2.05) is 30.3 Å². The summed E-state index contributed by atoms with van der Waals surface area (Å²) in [5.41, 5.74) is 2.71. The maximum Gasteiger partial charge on any atom is 0.248 e. The Bertz CT molecular complexity index is 954. The van der Waals surface area contributed by atoms with Gasteiger partial charge in [-0.05, 0) is 80.0 Å². The summed E-state index contributed by atoms with van der Waals surface area (Å²) >= 11 is 3.23. The van der Waals surface area contributed by atoms with Gasteiger partial charge >= 0.3 is 0 Å². The van der Waals surface area contributed by atoms with Crippen molar-refractivity contribution in [1.82, 2.24) is 20.2 Å². The molecule has 1 aliphatic rings. The molecule has 2 heterocycles. The number of benzene rings is 2. The lowest BCUT2D eigenvalue weighted by Gasteiger charge is -2.23. The number of hydrogen-bond acceptors (Lipinski definition) is 5. The molecule has 1 unspecified atom stereocenters. The second-order valence-electron chi connectivity index (χ2n) is 5.50. The highest BCUT2D eigenvalue weighted by Gasteiger charge is 2.24. The third-order valence-corrected chi connectivity index (χ3v) is 4.62. The molecule has 1 aromatic heterocycles. The molecule has 2 aromatic carbocycles. The molecule has 4 rings (SSSR count). The van der Waals surface area contributed by atoms with E-state index in [2.05, 4.69) is 36.8 Å². The van der Waals surface area contributed by atoms with E-state index in [9.17, 15) is 4.39 Å². The van der Waals surface area contributed by atoms with Crippen LogP contribution in [0.25, 0.3) is 5.70 Å². The van der Waals surface area contributed by atoms with Crippen molar-refractivity contribution >= 4 is 27.6 Å². The van der Waals surface area contributed by atoms with E-state index in [-0.39, 0.29) is 11.9 Å². The number of nitrogens with one attached hydrogen (secondary N) is 1. The van der Waals surface area contributed by atoms with E-state index in [4.69, 9.17) is 4.74 Å². The molecule has 8 heteroatoms. The number of hydrogen-bond donors (Lipinski definition) is 1. The highest BCUT2D eigenvalue weighted by atomic mass is 79.9. The summed E-state index contributed by atoms with van der Waals surface area (Å²) in [4.78, 5) is 0. The van der Waals surface area contributed by atoms with Gasteiger partial charge in [0, 0.05) is 5.70 Å². The van der Waals surface area contributed by atoms with Crippen molar-refractivity contribution in [2.75, 3.05) is 12.4 Å². The molecule has 1 aliphatic heterocycles. The molecule has 6 nitrogen and oxygen atoms in total. The zero-order valence-corrected chi connectivity index (χ0v) is 14.7. The highest BCUT2D eigenvalue weighted by molar-refractivity contribution is 9.10. The molecule has 0 amide bonds. The molecule has 0 spiro atoms. The van der Waals surface area contributed by atoms with Crippen molar-refractivity contribution in [2.45, 2.75) is 6.04 Å². The maximum atomic E-state index is 13.6. The molecule has 25 heavy (non-hydrogen) atoms. The summed E-state index contributed by atoms with van der Waals surface area (Å²) in [5, 5.41) is 15.0. The van der Waals surface area contributed by atoms with Crippen LogP contribution in [0.5, 0.6) is 5.75 Å². The standard InChI is InChI=1S/C17H13BrFN5O/c1-25-12-5-2-10(3-6-12)15-9-16(24-17(20-15)21-22-23-24)11-4-7-14(19)13(18)8-11/h2-9,16H,1H3,(H,20,21,23). The predicted molar refractivity (Wildman–Crippen MR) is 94.6 cm³/mol. The zero-order valence-electron chi connectivity index (χ0n) is 13.1. The minimum absolute atomic E-state index is 0.250. The van der Waals surface area contributed by atoms with E-state index in [1.54, 1.807) is 23.9 Å². The van der Waals surface area contributed by atoms with Crippen molar-refractivity contribution in [1.29, 1.82) is 0 Å². The Morgan fingerprint density at radius 3 is 2.72 bits per heavy atom. The van der Waals surface area contributed by atoms with Crippen molar-refractivity contribution in [3.63, 3.8) is 0 Å². The first-order valence-electron chi connectivity index (χ1n) is 7.52. The van der Waals surface area contributed by atoms with E-state index < -0.39 is 0 Å². The van der Waals surface area contributed by atoms with E-state index in [1.165, 1.54) is 6.07 Å². The number of tetrazole rings is 1. The smallest absolute Gasteiger partial charge is 0.248 e. The van der Waals surface area contributed by atoms with E-state index in [0.717, 1.165) is 22.6 Å². The largest absolute Gasteiger partial charge is 0.497 e. The number of allylic oxidation sites excluding steroid dienone is 1. The van der Waals surface area contributed by atoms with E-state index >= 15 is 0 Å². The lowest BCUT2D eigenvalue weighted by Crippen LogP contribution is -2.20. The Morgan fingerprint density at radius 2 is 2.00 bits per heavy atom. The van der Waals surface area contributed by atoms with Gasteiger partial charge < -0.3 is 10.1 Å². The fraction of sp³-hybridized carbons (Fsp3) is 0.118. The maximum absolute atomic E-state index is 13.6. The number of aromatic nitrogens is 4. The van der Waals surface area contributed by atoms with Crippen LogP contribution in [0.4, 0.5) is 10.3 Å². The summed E-state index contributed by atoms with van der Waals surface area (Å²) in [6.45, 7) is 0. The monoisotopic (exact) mass is 401 g/mol. The number of anilines is 1. The second kappa shape index (κ2) is 6.29. The predicted octanol–water partition coefficient (Wildman–Crippen LogP) is 3.64. The molecule has 0 saturated carbocycles. The molecular weight excluding hydrogens is 389 g/mol. The van der Waals surface area contributed by atoms with Crippen LogP contribution < -0.4 is 10.1 Å². The molecule has 0 aliphatic carbocycles. The summed E-state index contributed by atoms with van der Waals surface area (Å²) < 4.78 is 20.8. The Kier molecular flexibility index (Phi) is 3.96. The number of fused-ring (bicyclic) bond motifs is 1. The van der Waals surface area contributed by atoms with Crippen molar-refractivity contribution < 1.29 is 9.13 Å². The molecule has 0 bridgehead atoms. The normalized spacial score (nSPS) is 16.0. The summed E-state index contributed by atoms with van der Waals surface area (Å²) in [7, 11) is 1.63. The molecule has 1 atom stereocenters. The average Bonchev–Trinajstić information content (AvgIpc) is 3.12. The molecule has 0 saturated heterocycles. The fourth-order valence-corrected chi connectivity index (χ4v) is 3.12. The van der Waals surface area contributed by atoms with Gasteiger partial charge in [-0.3, -0.25) is 0 Å². The SMILES string of the molecule is COc1ccc(C2=CC(c3ccc(F)c(Br)c3)n3nnnc3N2)cc1. The lowest BCUT2D eigenvalue weighted by molar-refractivity contribution is 0.415. The van der Waals surface area contributed by atoms with Crippen molar-refractivity contribution in [3.8, 4) is 5.75 Å². The van der Waals surface area contributed by atoms with Crippen molar-refractivity contribution in [3.05, 3.63) is 70.0 Å². The van der Waals surface area contributed by atoms with Gasteiger partial charge in [-0.15, -0.1) is 0 Å². The van der Waals surface area contributed by atoms with Crippen molar-refractivity contribution in [2.24, 2.45) is 0 Å². The van der Waals surface area contributed by atoms with Gasteiger partial charge in [-0.25, -0.2) is 4.39 Å². The van der Waals surface area contributed by atoms with E-state index in [0.29, 0.717) is 10.4 Å². The highest BCUT2D eigenvalue weighted by Crippen LogP contribution is 2.33. The van der Waals surface area contributed by atoms with Gasteiger partial charge in [0.15, 0.2) is 0 Å². The zero-order chi connectivity index (χ0) is 17.4. The average molecular weight is 402 g/mol. The lowest BCUT2D eigenvalue weighted by atomic mass is 10.0. The Balaban J connectivity index is 1.78. The van der Waals surface area contributed by atoms with Gasteiger partial charge in [-0.1, -0.05) is 11.2 Å². The fourth-order valence-electron chi connectivity index (χ4n) is 2.73. The summed E-state index contributed by atoms with van der Waals surface area (Å²) in [6.07, 6.45) is 2.00. The van der Waals surface area contributed by atoms with Crippen LogP contribution in [0.1, 0.15) is 17.2 Å². The van der Waals surface area contributed by atoms with Crippen LogP contribution in [-0.4, -0.2) is 27.3 Å². The topological polar surface area (TPSA) is 64.9 Å². The number of methoxy groups -OCH3 is 1. The third-order valence-electron chi connectivity index (χ3n) is 4.01. The molecule has 0 radical (unpaired) electrons. The molecule has 126 valence electrons. The second-order valence-corrected chi connectivity index (χ2v) is 6.35. The minimum Gasteiger partial charge on any atom is -0.497 e. The third kappa shape index (κ3) is 2.89. The van der Waals surface area contributed by atoms with Gasteiger partial charge in [-0.2, -0.15) is 4.68 Å². The minimum atomic E-state index is -0.311. The molecule has 3 aromatic rings. The molecular formula is C17H13BrFN5O. The first-order chi connectivity index (χ1) is 12.2. The van der Waals surface area contributed by atoms with Gasteiger partial charge in [0.05, 0.1) is 11.6 Å². The summed E-state index contributed by atoms with van der Waals surface area (Å²) in [5.74, 6) is 0.997. The first-order valence-corrected chi connectivity index (χ1v) is 8.31. The molecule has 0 fully saturated rings. The number of nitrogens with zero attached hydrogens (tertiary/aromatic N) is 4. The van der Waals surface area contributed by atoms with Gasteiger partial charge in [0.25, 0.3) is 0 Å². The van der Waals surface area contributed by atoms with Crippen LogP contribution >= 0.6 is 15.9 Å². The quantitative estimate of drug-likeness (QED) is 0.725. The Morgan fingerprint density at radius 1 is 1.20 bits per heavy atom. The number of ether oxygens (including phenoxy) is 1. The van der Waals surface area contributed by atoms with Crippen LogP contribution in [0.3, 0.4) is 0 Å². The molecule has 1 N–H and O–H groups in total. The Labute approximate surface area is 151 Å². The van der Waals surface area contributed by atoms with Gasteiger partial charge in [0.2, 0.25) is 5.95 Å². The number of rotatable bonds is 3. The summed E-state index contributed by atoms with van der Waals surface area (Å²) in [6, 6.07) is 12.3. The number of halogens is 2. The van der Waals surface area contributed by atoms with Crippen LogP contribution in [0.15, 0.2) is 53.0 Å². The Hall–Kier alpha value is -2.74. The van der Waals surface area contributed by atoms with Crippen LogP contribution in [0, 0.1) is 5.82 Å². The van der Waals surface area contributed by atoms with Crippen LogP contribution in [-0.2, 0) is 0 Å². The first kappa shape index (κ1) is 15.8. The van der Waals surface area contributed by atoms with Gasteiger partial charge in [0.1, 0.15) is 17.6 Å². The van der Waals surface area contributed by atoms with Crippen LogP contribution in [0.2, 0.25) is 0 Å².